The third-order valence-electron chi connectivity index (χ3n) is 1.99. The van der Waals surface area contributed by atoms with E-state index in [1.54, 1.807) is 0 Å². The lowest BCUT2D eigenvalue weighted by Crippen LogP contribution is -2.40. The summed E-state index contributed by atoms with van der Waals surface area (Å²) in [5.74, 6) is 0.735. The molecule has 1 nitrogen and oxygen atoms in total. The largest absolute Gasteiger partial charge is 0.301 e. The maximum absolute atomic E-state index is 3.48. The second-order valence-electron chi connectivity index (χ2n) is 4.31. The summed E-state index contributed by atoms with van der Waals surface area (Å²) in [6, 6.07) is 0. The molecule has 68 valence electrons. The highest BCUT2D eigenvalue weighted by atomic mass is 79.9. The van der Waals surface area contributed by atoms with Crippen LogP contribution in [0.25, 0.3) is 0 Å². The van der Waals surface area contributed by atoms with E-state index in [-0.39, 0.29) is 0 Å². The summed E-state index contributed by atoms with van der Waals surface area (Å²) in [6.07, 6.45) is 0. The van der Waals surface area contributed by atoms with Crippen molar-refractivity contribution in [1.29, 1.82) is 0 Å². The van der Waals surface area contributed by atoms with E-state index in [1.165, 1.54) is 0 Å². The van der Waals surface area contributed by atoms with Crippen molar-refractivity contribution < 1.29 is 0 Å². The fourth-order valence-electron chi connectivity index (χ4n) is 0.790. The molecule has 2 heteroatoms. The van der Waals surface area contributed by atoms with Gasteiger partial charge in [-0.1, -0.05) is 22.9 Å². The maximum atomic E-state index is 3.48. The highest BCUT2D eigenvalue weighted by Crippen LogP contribution is 2.13. The van der Waals surface area contributed by atoms with Crippen LogP contribution >= 0.6 is 15.9 Å². The molecule has 1 atom stereocenters. The molecule has 0 bridgehead atoms. The minimum atomic E-state index is 0.302. The summed E-state index contributed by atoms with van der Waals surface area (Å²) in [5.41, 5.74) is 0.302. The normalized spacial score (nSPS) is 15.5. The average molecular weight is 222 g/mol. The van der Waals surface area contributed by atoms with Crippen LogP contribution in [0, 0.1) is 5.92 Å². The van der Waals surface area contributed by atoms with Gasteiger partial charge in [0.1, 0.15) is 0 Å². The first-order valence-corrected chi connectivity index (χ1v) is 5.27. The highest BCUT2D eigenvalue weighted by Gasteiger charge is 2.17. The van der Waals surface area contributed by atoms with Crippen molar-refractivity contribution in [2.45, 2.75) is 33.2 Å². The van der Waals surface area contributed by atoms with E-state index in [0.717, 1.165) is 17.8 Å². The van der Waals surface area contributed by atoms with Crippen LogP contribution in [0.1, 0.15) is 27.7 Å². The Morgan fingerprint density at radius 2 is 1.82 bits per heavy atom. The summed E-state index contributed by atoms with van der Waals surface area (Å²) < 4.78 is 0. The molecule has 1 unspecified atom stereocenters. The minimum Gasteiger partial charge on any atom is -0.301 e. The van der Waals surface area contributed by atoms with E-state index in [0.29, 0.717) is 5.54 Å². The molecular formula is C9H20BrN. The van der Waals surface area contributed by atoms with E-state index < -0.39 is 0 Å². The third kappa shape index (κ3) is 4.81. The van der Waals surface area contributed by atoms with E-state index in [2.05, 4.69) is 55.6 Å². The van der Waals surface area contributed by atoms with Crippen molar-refractivity contribution in [3.05, 3.63) is 0 Å². The fourth-order valence-corrected chi connectivity index (χ4v) is 0.995. The third-order valence-corrected chi connectivity index (χ3v) is 3.10. The number of hydrogen-bond donors (Lipinski definition) is 0. The summed E-state index contributed by atoms with van der Waals surface area (Å²) in [7, 11) is 2.18. The van der Waals surface area contributed by atoms with Crippen LogP contribution in [0.15, 0.2) is 0 Å². The van der Waals surface area contributed by atoms with Crippen LogP contribution in [-0.2, 0) is 0 Å². The smallest absolute Gasteiger partial charge is 0.0122 e. The van der Waals surface area contributed by atoms with Crippen LogP contribution in [0.2, 0.25) is 0 Å². The summed E-state index contributed by atoms with van der Waals surface area (Å²) in [5, 5.41) is 1.09. The van der Waals surface area contributed by atoms with Gasteiger partial charge in [0, 0.05) is 17.4 Å². The van der Waals surface area contributed by atoms with Crippen molar-refractivity contribution in [3.8, 4) is 0 Å². The number of rotatable bonds is 3. The van der Waals surface area contributed by atoms with Crippen LogP contribution < -0.4 is 0 Å². The Bertz CT molecular complexity index is 107. The number of halogens is 1. The highest BCUT2D eigenvalue weighted by molar-refractivity contribution is 9.09. The Morgan fingerprint density at radius 3 is 2.09 bits per heavy atom. The van der Waals surface area contributed by atoms with Crippen molar-refractivity contribution in [1.82, 2.24) is 4.90 Å². The summed E-state index contributed by atoms with van der Waals surface area (Å²) in [4.78, 5) is 2.39. The van der Waals surface area contributed by atoms with Gasteiger partial charge in [0.05, 0.1) is 0 Å². The first kappa shape index (κ1) is 11.4. The van der Waals surface area contributed by atoms with E-state index in [9.17, 15) is 0 Å². The molecule has 0 aromatic carbocycles. The van der Waals surface area contributed by atoms with E-state index >= 15 is 0 Å². The Morgan fingerprint density at radius 1 is 1.36 bits per heavy atom. The minimum absolute atomic E-state index is 0.302. The van der Waals surface area contributed by atoms with Crippen molar-refractivity contribution in [2.75, 3.05) is 18.9 Å². The lowest BCUT2D eigenvalue weighted by molar-refractivity contribution is 0.158. The van der Waals surface area contributed by atoms with Crippen molar-refractivity contribution in [2.24, 2.45) is 5.92 Å². The first-order chi connectivity index (χ1) is 4.88. The molecule has 0 saturated carbocycles. The van der Waals surface area contributed by atoms with Gasteiger partial charge < -0.3 is 4.90 Å². The van der Waals surface area contributed by atoms with Gasteiger partial charge in [-0.15, -0.1) is 0 Å². The summed E-state index contributed by atoms with van der Waals surface area (Å²) in [6.45, 7) is 10.2. The van der Waals surface area contributed by atoms with Crippen molar-refractivity contribution in [3.63, 3.8) is 0 Å². The summed E-state index contributed by atoms with van der Waals surface area (Å²) >= 11 is 3.48. The molecule has 0 aliphatic rings. The molecule has 0 fully saturated rings. The molecule has 0 aliphatic heterocycles. The van der Waals surface area contributed by atoms with Gasteiger partial charge in [-0.25, -0.2) is 0 Å². The second kappa shape index (κ2) is 4.46. The predicted octanol–water partition coefficient (Wildman–Crippen LogP) is 2.75. The van der Waals surface area contributed by atoms with E-state index in [1.807, 2.05) is 0 Å². The van der Waals surface area contributed by atoms with Gasteiger partial charge in [-0.05, 0) is 33.7 Å². The fraction of sp³-hybridized carbons (Fsp3) is 1.00. The van der Waals surface area contributed by atoms with Crippen molar-refractivity contribution >= 4 is 15.9 Å². The van der Waals surface area contributed by atoms with Crippen LogP contribution in [0.5, 0.6) is 0 Å². The van der Waals surface area contributed by atoms with Gasteiger partial charge in [0.25, 0.3) is 0 Å². The zero-order chi connectivity index (χ0) is 9.07. The van der Waals surface area contributed by atoms with Gasteiger partial charge in [0.2, 0.25) is 0 Å². The number of alkyl halides is 1. The van der Waals surface area contributed by atoms with Crippen LogP contribution in [0.4, 0.5) is 0 Å². The topological polar surface area (TPSA) is 3.24 Å². The molecule has 0 radical (unpaired) electrons. The second-order valence-corrected chi connectivity index (χ2v) is 4.96. The maximum Gasteiger partial charge on any atom is 0.0122 e. The molecular weight excluding hydrogens is 202 g/mol. The molecule has 11 heavy (non-hydrogen) atoms. The monoisotopic (exact) mass is 221 g/mol. The van der Waals surface area contributed by atoms with Crippen LogP contribution in [-0.4, -0.2) is 29.4 Å². The molecule has 0 rings (SSSR count). The molecule has 0 N–H and O–H groups in total. The SMILES string of the molecule is CC(CBr)CN(C)C(C)(C)C. The Kier molecular flexibility index (Phi) is 4.64. The molecule has 0 aromatic heterocycles. The number of nitrogens with zero attached hydrogens (tertiary/aromatic N) is 1. The van der Waals surface area contributed by atoms with E-state index in [4.69, 9.17) is 0 Å². The molecule has 0 aliphatic carbocycles. The predicted molar refractivity (Wildman–Crippen MR) is 55.3 cm³/mol. The van der Waals surface area contributed by atoms with Crippen LogP contribution in [0.3, 0.4) is 0 Å². The molecule has 0 amide bonds. The van der Waals surface area contributed by atoms with Gasteiger partial charge in [0.15, 0.2) is 0 Å². The molecule has 0 heterocycles. The average Bonchev–Trinajstić information content (AvgIpc) is 1.85. The molecule has 0 saturated heterocycles. The van der Waals surface area contributed by atoms with Gasteiger partial charge >= 0.3 is 0 Å². The Labute approximate surface area is 79.3 Å². The molecule has 0 spiro atoms. The standard InChI is InChI=1S/C9H20BrN/c1-8(6-10)7-11(5)9(2,3)4/h8H,6-7H2,1-5H3. The lowest BCUT2D eigenvalue weighted by atomic mass is 10.1. The number of hydrogen-bond acceptors (Lipinski definition) is 1. The Hall–Kier alpha value is 0.440. The Balaban J connectivity index is 3.77. The molecule has 0 aromatic rings. The first-order valence-electron chi connectivity index (χ1n) is 4.15. The lowest BCUT2D eigenvalue weighted by Gasteiger charge is -2.33. The zero-order valence-corrected chi connectivity index (χ0v) is 9.90. The zero-order valence-electron chi connectivity index (χ0n) is 8.32. The van der Waals surface area contributed by atoms with Gasteiger partial charge in [-0.3, -0.25) is 0 Å². The van der Waals surface area contributed by atoms with Gasteiger partial charge in [-0.2, -0.15) is 0 Å². The quantitative estimate of drug-likeness (QED) is 0.663.